The molecular weight excluding hydrogens is 682 g/mol. The van der Waals surface area contributed by atoms with Crippen molar-refractivity contribution in [3.63, 3.8) is 0 Å². The van der Waals surface area contributed by atoms with Crippen molar-refractivity contribution in [2.24, 2.45) is 0 Å². The molecule has 52 heavy (non-hydrogen) atoms. The number of benzene rings is 1. The SMILES string of the molecule is Nc1nc2cc(-c3nn(CCCCNC(=O)CCOCCOCCOCCOCCOCCOCCNC(=O)CO)c4ncnc(N)c34)ccc2o1. The minimum absolute atomic E-state index is 0.0768. The zero-order valence-corrected chi connectivity index (χ0v) is 29.3. The summed E-state index contributed by atoms with van der Waals surface area (Å²) in [5.41, 5.74) is 15.2. The molecule has 0 fully saturated rings. The van der Waals surface area contributed by atoms with Crippen LogP contribution in [0, 0.1) is 0 Å². The van der Waals surface area contributed by atoms with Crippen molar-refractivity contribution in [1.82, 2.24) is 35.4 Å². The second-order valence-electron chi connectivity index (χ2n) is 11.3. The van der Waals surface area contributed by atoms with Crippen LogP contribution in [-0.4, -0.2) is 141 Å². The first kappa shape index (κ1) is 40.3. The van der Waals surface area contributed by atoms with Gasteiger partial charge in [-0.15, -0.1) is 0 Å². The van der Waals surface area contributed by atoms with E-state index in [4.69, 9.17) is 54.5 Å². The minimum atomic E-state index is -0.528. The van der Waals surface area contributed by atoms with Crippen LogP contribution in [0.3, 0.4) is 0 Å². The van der Waals surface area contributed by atoms with Gasteiger partial charge in [0.1, 0.15) is 30.0 Å². The molecular formula is C33H49N9O10. The fourth-order valence-corrected chi connectivity index (χ4v) is 4.87. The Labute approximate surface area is 300 Å². The van der Waals surface area contributed by atoms with E-state index in [1.165, 1.54) is 6.33 Å². The molecule has 19 nitrogen and oxygen atoms in total. The smallest absolute Gasteiger partial charge is 0.292 e. The average molecular weight is 732 g/mol. The average Bonchev–Trinajstić information content (AvgIpc) is 3.71. The lowest BCUT2D eigenvalue weighted by atomic mass is 10.1. The van der Waals surface area contributed by atoms with Crippen LogP contribution in [0.15, 0.2) is 28.9 Å². The third-order valence-corrected chi connectivity index (χ3v) is 7.40. The van der Waals surface area contributed by atoms with Gasteiger partial charge in [0.2, 0.25) is 11.8 Å². The second-order valence-corrected chi connectivity index (χ2v) is 11.3. The van der Waals surface area contributed by atoms with Gasteiger partial charge in [-0.25, -0.2) is 14.6 Å². The van der Waals surface area contributed by atoms with Crippen molar-refractivity contribution in [3.8, 4) is 11.3 Å². The minimum Gasteiger partial charge on any atom is -0.424 e. The van der Waals surface area contributed by atoms with Crippen molar-refractivity contribution in [2.45, 2.75) is 25.8 Å². The molecule has 0 unspecified atom stereocenters. The van der Waals surface area contributed by atoms with E-state index in [1.807, 2.05) is 12.1 Å². The van der Waals surface area contributed by atoms with Gasteiger partial charge in [0, 0.05) is 31.6 Å². The number of aliphatic hydroxyl groups excluding tert-OH is 1. The number of carbonyl (C=O) groups excluding carboxylic acids is 2. The Hall–Kier alpha value is -4.50. The van der Waals surface area contributed by atoms with Crippen LogP contribution >= 0.6 is 0 Å². The van der Waals surface area contributed by atoms with Crippen molar-refractivity contribution < 1.29 is 47.5 Å². The number of anilines is 2. The Morgan fingerprint density at radius 1 is 0.769 bits per heavy atom. The summed E-state index contributed by atoms with van der Waals surface area (Å²) in [5.74, 6) is -0.171. The van der Waals surface area contributed by atoms with Gasteiger partial charge < -0.3 is 60.0 Å². The second kappa shape index (κ2) is 23.1. The molecule has 4 aromatic rings. The molecule has 286 valence electrons. The zero-order valence-electron chi connectivity index (χ0n) is 29.3. The standard InChI is InChI=1S/C33H49N9O10/c34-31-29-30(24-3-4-26-25(21-24)40-33(35)52-26)41-42(32(29)39-23-38-31)8-2-1-6-36-27(44)5-9-46-11-13-48-15-17-50-19-20-51-18-16-49-14-12-47-10-7-37-28(45)22-43/h3-4,21,23,43H,1-2,5-20,22H2,(H2,35,40)(H,36,44)(H,37,45)(H2,34,38,39). The number of aryl methyl sites for hydroxylation is 1. The molecule has 7 N–H and O–H groups in total. The van der Waals surface area contributed by atoms with Gasteiger partial charge in [-0.3, -0.25) is 9.59 Å². The number of carbonyl (C=O) groups is 2. The summed E-state index contributed by atoms with van der Waals surface area (Å²) in [5, 5.41) is 19.4. The van der Waals surface area contributed by atoms with Crippen molar-refractivity contribution >= 4 is 45.8 Å². The molecule has 0 radical (unpaired) electrons. The number of rotatable bonds is 28. The maximum atomic E-state index is 12.2. The highest BCUT2D eigenvalue weighted by Gasteiger charge is 2.18. The Balaban J connectivity index is 0.945. The number of nitrogens with zero attached hydrogens (tertiary/aromatic N) is 5. The van der Waals surface area contributed by atoms with E-state index in [9.17, 15) is 9.59 Å². The number of aliphatic hydroxyl groups is 1. The number of hydrogen-bond acceptors (Lipinski definition) is 16. The highest BCUT2D eigenvalue weighted by atomic mass is 16.6. The highest BCUT2D eigenvalue weighted by Crippen LogP contribution is 2.32. The lowest BCUT2D eigenvalue weighted by Gasteiger charge is -2.09. The number of oxazole rings is 1. The summed E-state index contributed by atoms with van der Waals surface area (Å²) < 4.78 is 39.7. The zero-order chi connectivity index (χ0) is 36.8. The van der Waals surface area contributed by atoms with E-state index in [0.29, 0.717) is 133 Å². The summed E-state index contributed by atoms with van der Waals surface area (Å²) in [6.45, 7) is 5.86. The van der Waals surface area contributed by atoms with Crippen LogP contribution in [0.25, 0.3) is 33.4 Å². The van der Waals surface area contributed by atoms with Gasteiger partial charge in [0.25, 0.3) is 6.01 Å². The molecule has 19 heteroatoms. The number of nitrogens with one attached hydrogen (secondary N) is 2. The molecule has 1 aromatic carbocycles. The van der Waals surface area contributed by atoms with E-state index in [-0.39, 0.29) is 18.3 Å². The number of unbranched alkanes of at least 4 members (excludes halogenated alkanes) is 1. The van der Waals surface area contributed by atoms with E-state index < -0.39 is 12.5 Å². The first-order valence-corrected chi connectivity index (χ1v) is 17.2. The summed E-state index contributed by atoms with van der Waals surface area (Å²) in [6.07, 6.45) is 3.19. The predicted octanol–water partition coefficient (Wildman–Crippen LogP) is 0.294. The van der Waals surface area contributed by atoms with Crippen molar-refractivity contribution in [3.05, 3.63) is 24.5 Å². The van der Waals surface area contributed by atoms with Crippen LogP contribution in [0.4, 0.5) is 11.8 Å². The summed E-state index contributed by atoms with van der Waals surface area (Å²) in [7, 11) is 0. The first-order chi connectivity index (χ1) is 25.5. The molecule has 0 bridgehead atoms. The topological polar surface area (TPSA) is 255 Å². The molecule has 0 aliphatic carbocycles. The van der Waals surface area contributed by atoms with E-state index in [2.05, 4.69) is 25.6 Å². The Bertz CT molecular complexity index is 1650. The van der Waals surface area contributed by atoms with Crippen LogP contribution in [0.1, 0.15) is 19.3 Å². The van der Waals surface area contributed by atoms with Gasteiger partial charge in [-0.1, -0.05) is 0 Å². The molecule has 0 atom stereocenters. The largest absolute Gasteiger partial charge is 0.424 e. The molecule has 0 saturated heterocycles. The fourth-order valence-electron chi connectivity index (χ4n) is 4.87. The van der Waals surface area contributed by atoms with Crippen molar-refractivity contribution in [2.75, 3.05) is 110 Å². The van der Waals surface area contributed by atoms with Gasteiger partial charge >= 0.3 is 0 Å². The number of nitrogens with two attached hydrogens (primary N) is 2. The maximum absolute atomic E-state index is 12.2. The number of aromatic nitrogens is 5. The Morgan fingerprint density at radius 3 is 2.04 bits per heavy atom. The Kier molecular flexibility index (Phi) is 17.9. The Morgan fingerprint density at radius 2 is 1.38 bits per heavy atom. The normalized spacial score (nSPS) is 11.5. The molecule has 0 aliphatic heterocycles. The lowest BCUT2D eigenvalue weighted by molar-refractivity contribution is -0.124. The third-order valence-electron chi connectivity index (χ3n) is 7.40. The lowest BCUT2D eigenvalue weighted by Crippen LogP contribution is -2.29. The molecule has 2 amide bonds. The number of hydrogen-bond donors (Lipinski definition) is 5. The predicted molar refractivity (Wildman–Crippen MR) is 189 cm³/mol. The number of amides is 2. The summed E-state index contributed by atoms with van der Waals surface area (Å²) in [6, 6.07) is 5.59. The van der Waals surface area contributed by atoms with E-state index in [1.54, 1.807) is 10.7 Å². The van der Waals surface area contributed by atoms with Crippen molar-refractivity contribution in [1.29, 1.82) is 0 Å². The molecule has 3 aromatic heterocycles. The maximum Gasteiger partial charge on any atom is 0.292 e. The molecule has 0 aliphatic rings. The monoisotopic (exact) mass is 731 g/mol. The summed E-state index contributed by atoms with van der Waals surface area (Å²) in [4.78, 5) is 35.8. The number of ether oxygens (including phenoxy) is 6. The van der Waals surface area contributed by atoms with Gasteiger partial charge in [0.15, 0.2) is 11.2 Å². The summed E-state index contributed by atoms with van der Waals surface area (Å²) >= 11 is 0. The number of fused-ring (bicyclic) bond motifs is 2. The van der Waals surface area contributed by atoms with Crippen LogP contribution in [0.2, 0.25) is 0 Å². The molecule has 0 saturated carbocycles. The molecule has 4 rings (SSSR count). The third kappa shape index (κ3) is 13.9. The van der Waals surface area contributed by atoms with Gasteiger partial charge in [-0.2, -0.15) is 10.1 Å². The van der Waals surface area contributed by atoms with E-state index in [0.717, 1.165) is 18.4 Å². The van der Waals surface area contributed by atoms with E-state index >= 15 is 0 Å². The van der Waals surface area contributed by atoms with Crippen LogP contribution in [-0.2, 0) is 44.6 Å². The van der Waals surface area contributed by atoms with Gasteiger partial charge in [0.05, 0.1) is 84.7 Å². The fraction of sp³-hybridized carbons (Fsp3) is 0.576. The first-order valence-electron chi connectivity index (χ1n) is 17.2. The van der Waals surface area contributed by atoms with Crippen LogP contribution in [0.5, 0.6) is 0 Å². The molecule has 3 heterocycles. The quantitative estimate of drug-likeness (QED) is 0.0492. The van der Waals surface area contributed by atoms with Crippen LogP contribution < -0.4 is 22.1 Å². The number of nitrogen functional groups attached to an aromatic ring is 2. The van der Waals surface area contributed by atoms with Gasteiger partial charge in [-0.05, 0) is 31.0 Å². The highest BCUT2D eigenvalue weighted by molar-refractivity contribution is 5.99. The molecule has 0 spiro atoms.